The molecule has 224 valence electrons. The Hall–Kier alpha value is -5.66. The summed E-state index contributed by atoms with van der Waals surface area (Å²) in [4.78, 5) is 2.42. The Morgan fingerprint density at radius 3 is 1.43 bits per heavy atom. The summed E-state index contributed by atoms with van der Waals surface area (Å²) in [6.45, 7) is 6.90. The molecule has 0 saturated carbocycles. The molecule has 0 radical (unpaired) electrons. The van der Waals surface area contributed by atoms with Crippen molar-refractivity contribution in [2.75, 3.05) is 4.90 Å². The number of rotatable bonds is 4. The van der Waals surface area contributed by atoms with E-state index in [9.17, 15) is 0 Å². The van der Waals surface area contributed by atoms with Gasteiger partial charge in [-0.15, -0.1) is 0 Å². The summed E-state index contributed by atoms with van der Waals surface area (Å²) in [5.74, 6) is 0. The minimum absolute atomic E-state index is 0.0859. The Morgan fingerprint density at radius 2 is 0.872 bits per heavy atom. The lowest BCUT2D eigenvalue weighted by atomic mass is 9.82. The fourth-order valence-corrected chi connectivity index (χ4v) is 7.67. The van der Waals surface area contributed by atoms with Crippen LogP contribution >= 0.6 is 0 Å². The summed E-state index contributed by atoms with van der Waals surface area (Å²) >= 11 is 0. The van der Waals surface area contributed by atoms with Gasteiger partial charge in [0.05, 0.1) is 5.69 Å². The quantitative estimate of drug-likeness (QED) is 0.143. The molecule has 0 aliphatic rings. The third kappa shape index (κ3) is 4.31. The molecule has 0 unspecified atom stereocenters. The number of anilines is 3. The van der Waals surface area contributed by atoms with Crippen LogP contribution in [0.1, 0.15) is 26.3 Å². The summed E-state index contributed by atoms with van der Waals surface area (Å²) in [5, 5.41) is 12.9. The van der Waals surface area contributed by atoms with Gasteiger partial charge in [0.25, 0.3) is 0 Å². The van der Waals surface area contributed by atoms with Gasteiger partial charge in [-0.1, -0.05) is 154 Å². The fourth-order valence-electron chi connectivity index (χ4n) is 7.67. The van der Waals surface area contributed by atoms with Gasteiger partial charge in [-0.25, -0.2) is 0 Å². The minimum Gasteiger partial charge on any atom is -0.309 e. The first-order chi connectivity index (χ1) is 23.0. The molecular formula is C46H35N. The lowest BCUT2D eigenvalue weighted by Crippen LogP contribution is -2.11. The van der Waals surface area contributed by atoms with Gasteiger partial charge < -0.3 is 4.90 Å². The number of benzene rings is 9. The normalized spacial score (nSPS) is 12.1. The maximum absolute atomic E-state index is 2.42. The molecule has 9 aromatic rings. The van der Waals surface area contributed by atoms with E-state index in [1.54, 1.807) is 0 Å². The zero-order valence-electron chi connectivity index (χ0n) is 27.0. The van der Waals surface area contributed by atoms with Gasteiger partial charge in [-0.2, -0.15) is 0 Å². The summed E-state index contributed by atoms with van der Waals surface area (Å²) in [6.07, 6.45) is 0. The van der Waals surface area contributed by atoms with E-state index in [-0.39, 0.29) is 5.41 Å². The third-order valence-corrected chi connectivity index (χ3v) is 9.89. The Bertz CT molecular complexity index is 2480. The monoisotopic (exact) mass is 601 g/mol. The fraction of sp³-hybridized carbons (Fsp3) is 0.0870. The Balaban J connectivity index is 1.40. The average molecular weight is 602 g/mol. The van der Waals surface area contributed by atoms with Gasteiger partial charge in [0.15, 0.2) is 0 Å². The smallest absolute Gasteiger partial charge is 0.0618 e. The van der Waals surface area contributed by atoms with Gasteiger partial charge in [-0.3, -0.25) is 0 Å². The summed E-state index contributed by atoms with van der Waals surface area (Å²) < 4.78 is 0. The first-order valence-corrected chi connectivity index (χ1v) is 16.5. The van der Waals surface area contributed by atoms with Crippen LogP contribution in [0.2, 0.25) is 0 Å². The van der Waals surface area contributed by atoms with Crippen molar-refractivity contribution in [3.8, 4) is 11.1 Å². The van der Waals surface area contributed by atoms with Crippen LogP contribution in [-0.4, -0.2) is 0 Å². The van der Waals surface area contributed by atoms with Crippen LogP contribution in [0, 0.1) is 0 Å². The number of nitrogens with zero attached hydrogens (tertiary/aromatic N) is 1. The van der Waals surface area contributed by atoms with Crippen LogP contribution in [-0.2, 0) is 5.41 Å². The van der Waals surface area contributed by atoms with Gasteiger partial charge in [0.1, 0.15) is 0 Å². The SMILES string of the molecule is CC(C)(C)c1cc2ccc3ccc(-c4c5ccccc5c(N(c5ccccc5)c5ccccc5)c5ccccc45)c4ccc(c1)c2c34. The molecule has 0 fully saturated rings. The topological polar surface area (TPSA) is 3.24 Å². The van der Waals surface area contributed by atoms with Crippen molar-refractivity contribution in [3.05, 3.63) is 163 Å². The molecule has 0 saturated heterocycles. The highest BCUT2D eigenvalue weighted by Gasteiger charge is 2.24. The van der Waals surface area contributed by atoms with E-state index >= 15 is 0 Å². The van der Waals surface area contributed by atoms with Crippen LogP contribution in [0.25, 0.3) is 65.0 Å². The van der Waals surface area contributed by atoms with Crippen molar-refractivity contribution in [2.45, 2.75) is 26.2 Å². The molecule has 0 aliphatic heterocycles. The highest BCUT2D eigenvalue weighted by Crippen LogP contribution is 2.50. The van der Waals surface area contributed by atoms with Gasteiger partial charge in [-0.05, 0) is 89.5 Å². The summed E-state index contributed by atoms with van der Waals surface area (Å²) in [6, 6.07) is 58.2. The van der Waals surface area contributed by atoms with E-state index in [1.807, 2.05) is 0 Å². The predicted molar refractivity (Wildman–Crippen MR) is 204 cm³/mol. The maximum atomic E-state index is 2.42. The molecule has 0 aromatic heterocycles. The largest absolute Gasteiger partial charge is 0.309 e. The van der Waals surface area contributed by atoms with Gasteiger partial charge >= 0.3 is 0 Å². The number of para-hydroxylation sites is 2. The molecule has 9 rings (SSSR count). The molecule has 9 aromatic carbocycles. The third-order valence-electron chi connectivity index (χ3n) is 9.89. The highest BCUT2D eigenvalue weighted by molar-refractivity contribution is 6.29. The zero-order valence-corrected chi connectivity index (χ0v) is 27.0. The molecule has 0 bridgehead atoms. The molecule has 0 atom stereocenters. The van der Waals surface area contributed by atoms with Gasteiger partial charge in [0.2, 0.25) is 0 Å². The van der Waals surface area contributed by atoms with Gasteiger partial charge in [0, 0.05) is 22.1 Å². The second-order valence-electron chi connectivity index (χ2n) is 13.8. The molecule has 0 spiro atoms. The number of fused-ring (bicyclic) bond motifs is 2. The molecular weight excluding hydrogens is 567 g/mol. The Kier molecular flexibility index (Phi) is 6.14. The van der Waals surface area contributed by atoms with Crippen LogP contribution in [0.15, 0.2) is 158 Å². The van der Waals surface area contributed by atoms with Crippen molar-refractivity contribution in [3.63, 3.8) is 0 Å². The molecule has 0 N–H and O–H groups in total. The van der Waals surface area contributed by atoms with Crippen LogP contribution in [0.3, 0.4) is 0 Å². The lowest BCUT2D eigenvalue weighted by molar-refractivity contribution is 0.591. The second-order valence-corrected chi connectivity index (χ2v) is 13.8. The van der Waals surface area contributed by atoms with Crippen LogP contribution < -0.4 is 4.90 Å². The van der Waals surface area contributed by atoms with Crippen molar-refractivity contribution >= 4 is 70.9 Å². The summed E-state index contributed by atoms with van der Waals surface area (Å²) in [5.41, 5.74) is 7.49. The number of hydrogen-bond donors (Lipinski definition) is 0. The van der Waals surface area contributed by atoms with E-state index in [2.05, 4.69) is 183 Å². The maximum Gasteiger partial charge on any atom is 0.0618 e. The molecule has 0 amide bonds. The standard InChI is InChI=1S/C46H35N/c1-46(2,3)33-28-31-23-22-30-24-26-39(38-27-25-32(29-33)42(31)43(30)38)44-36-18-10-12-20-40(36)45(41-21-13-11-19-37(41)44)47(34-14-6-4-7-15-34)35-16-8-5-9-17-35/h4-29H,1-3H3. The molecule has 0 heterocycles. The van der Waals surface area contributed by atoms with E-state index in [4.69, 9.17) is 0 Å². The molecule has 1 nitrogen and oxygen atoms in total. The summed E-state index contributed by atoms with van der Waals surface area (Å²) in [7, 11) is 0. The van der Waals surface area contributed by atoms with Crippen molar-refractivity contribution in [2.24, 2.45) is 0 Å². The Morgan fingerprint density at radius 1 is 0.404 bits per heavy atom. The predicted octanol–water partition coefficient (Wildman–Crippen LogP) is 13.3. The number of hydrogen-bond acceptors (Lipinski definition) is 1. The second kappa shape index (κ2) is 10.4. The van der Waals surface area contributed by atoms with E-state index in [0.717, 1.165) is 11.4 Å². The van der Waals surface area contributed by atoms with Crippen molar-refractivity contribution < 1.29 is 0 Å². The van der Waals surface area contributed by atoms with Crippen molar-refractivity contribution in [1.29, 1.82) is 0 Å². The van der Waals surface area contributed by atoms with Crippen LogP contribution in [0.5, 0.6) is 0 Å². The first-order valence-electron chi connectivity index (χ1n) is 16.5. The molecule has 0 aliphatic carbocycles. The van der Waals surface area contributed by atoms with E-state index in [1.165, 1.54) is 76.2 Å². The first kappa shape index (κ1) is 27.6. The minimum atomic E-state index is 0.0859. The highest BCUT2D eigenvalue weighted by atomic mass is 15.1. The molecule has 1 heteroatoms. The Labute approximate surface area is 275 Å². The van der Waals surface area contributed by atoms with E-state index in [0.29, 0.717) is 0 Å². The van der Waals surface area contributed by atoms with Crippen LogP contribution in [0.4, 0.5) is 17.1 Å². The zero-order chi connectivity index (χ0) is 31.7. The van der Waals surface area contributed by atoms with Crippen molar-refractivity contribution in [1.82, 2.24) is 0 Å². The average Bonchev–Trinajstić information content (AvgIpc) is 3.11. The lowest BCUT2D eigenvalue weighted by Gasteiger charge is -2.29. The molecule has 47 heavy (non-hydrogen) atoms. The van der Waals surface area contributed by atoms with E-state index < -0.39 is 0 Å².